The van der Waals surface area contributed by atoms with E-state index in [2.05, 4.69) is 32.9 Å². The van der Waals surface area contributed by atoms with Gasteiger partial charge >= 0.3 is 5.97 Å². The number of carbonyl (C=O) groups is 1. The number of nitrogens with zero attached hydrogens (tertiary/aromatic N) is 1. The van der Waals surface area contributed by atoms with Crippen LogP contribution < -0.4 is 5.32 Å². The predicted octanol–water partition coefficient (Wildman–Crippen LogP) is 4.16. The van der Waals surface area contributed by atoms with E-state index in [1.54, 1.807) is 11.3 Å². The summed E-state index contributed by atoms with van der Waals surface area (Å²) in [6.07, 6.45) is 4.33. The number of halogens is 1. The van der Waals surface area contributed by atoms with Gasteiger partial charge in [-0.25, -0.2) is 9.78 Å². The third-order valence-corrected chi connectivity index (χ3v) is 5.33. The largest absolute Gasteiger partial charge is 0.465 e. The van der Waals surface area contributed by atoms with Gasteiger partial charge in [-0.15, -0.1) is 11.3 Å². The van der Waals surface area contributed by atoms with Gasteiger partial charge in [-0.05, 0) is 66.0 Å². The van der Waals surface area contributed by atoms with Crippen LogP contribution in [0.25, 0.3) is 0 Å². The number of ether oxygens (including phenoxy) is 1. The molecule has 0 spiro atoms. The number of esters is 1. The molecule has 110 valence electrons. The van der Waals surface area contributed by atoms with Gasteiger partial charge < -0.3 is 10.1 Å². The van der Waals surface area contributed by atoms with Crippen molar-refractivity contribution in [3.05, 3.63) is 37.9 Å². The van der Waals surface area contributed by atoms with Crippen LogP contribution in [-0.2, 0) is 17.6 Å². The number of anilines is 2. The summed E-state index contributed by atoms with van der Waals surface area (Å²) < 4.78 is 5.88. The number of hydrogen-bond donors (Lipinski definition) is 1. The maximum absolute atomic E-state index is 12.1. The molecule has 1 N–H and O–H groups in total. The van der Waals surface area contributed by atoms with Crippen LogP contribution in [0, 0.1) is 3.70 Å². The van der Waals surface area contributed by atoms with Crippen LogP contribution in [0.2, 0.25) is 0 Å². The van der Waals surface area contributed by atoms with E-state index in [9.17, 15) is 4.79 Å². The fourth-order valence-corrected chi connectivity index (χ4v) is 4.32. The molecule has 0 radical (unpaired) electrons. The Balaban J connectivity index is 2.01. The molecule has 1 aliphatic rings. The van der Waals surface area contributed by atoms with Crippen molar-refractivity contribution in [2.45, 2.75) is 25.7 Å². The van der Waals surface area contributed by atoms with Gasteiger partial charge in [-0.1, -0.05) is 6.07 Å². The summed E-state index contributed by atoms with van der Waals surface area (Å²) in [6.45, 7) is 0. The Morgan fingerprint density at radius 1 is 1.38 bits per heavy atom. The molecule has 0 fully saturated rings. The van der Waals surface area contributed by atoms with E-state index in [-0.39, 0.29) is 5.97 Å². The second-order valence-electron chi connectivity index (χ2n) is 4.88. The molecular weight excluding hydrogens is 399 g/mol. The first kappa shape index (κ1) is 14.8. The molecule has 2 aromatic heterocycles. The minimum Gasteiger partial charge on any atom is -0.465 e. The van der Waals surface area contributed by atoms with Crippen LogP contribution in [-0.4, -0.2) is 18.1 Å². The van der Waals surface area contributed by atoms with Crippen LogP contribution in [0.1, 0.15) is 33.6 Å². The van der Waals surface area contributed by atoms with Gasteiger partial charge in [0.05, 0.1) is 12.7 Å². The standard InChI is InChI=1S/C15H15IN2O2S/c1-20-15(19)13-9-5-2-3-6-10(9)21-14(13)18-12-8-4-7-11(16)17-12/h4,7-8H,2-3,5-6H2,1H3,(H,17,18). The van der Waals surface area contributed by atoms with Gasteiger partial charge in [0.1, 0.15) is 14.5 Å². The first-order valence-electron chi connectivity index (χ1n) is 6.81. The first-order chi connectivity index (χ1) is 10.2. The molecule has 1 aliphatic carbocycles. The van der Waals surface area contributed by atoms with Crippen molar-refractivity contribution in [3.8, 4) is 0 Å². The zero-order valence-corrected chi connectivity index (χ0v) is 14.6. The van der Waals surface area contributed by atoms with Crippen molar-refractivity contribution in [2.75, 3.05) is 12.4 Å². The molecule has 2 aromatic rings. The molecule has 4 nitrogen and oxygen atoms in total. The fraction of sp³-hybridized carbons (Fsp3) is 0.333. The van der Waals surface area contributed by atoms with Crippen molar-refractivity contribution in [2.24, 2.45) is 0 Å². The molecule has 0 bridgehead atoms. The summed E-state index contributed by atoms with van der Waals surface area (Å²) in [7, 11) is 1.43. The minimum atomic E-state index is -0.262. The summed E-state index contributed by atoms with van der Waals surface area (Å²) in [4.78, 5) is 17.9. The van der Waals surface area contributed by atoms with Gasteiger partial charge in [0.25, 0.3) is 0 Å². The van der Waals surface area contributed by atoms with E-state index >= 15 is 0 Å². The first-order valence-corrected chi connectivity index (χ1v) is 8.71. The van der Waals surface area contributed by atoms with Gasteiger partial charge in [-0.2, -0.15) is 0 Å². The summed E-state index contributed by atoms with van der Waals surface area (Å²) in [5, 5.41) is 4.14. The number of nitrogens with one attached hydrogen (secondary N) is 1. The SMILES string of the molecule is COC(=O)c1c(Nc2cccc(I)n2)sc2c1CCCC2. The van der Waals surface area contributed by atoms with Crippen LogP contribution in [0.5, 0.6) is 0 Å². The molecular formula is C15H15IN2O2S. The Bertz CT molecular complexity index is 684. The molecule has 0 aliphatic heterocycles. The van der Waals surface area contributed by atoms with E-state index in [4.69, 9.17) is 4.74 Å². The average Bonchev–Trinajstić information content (AvgIpc) is 2.84. The van der Waals surface area contributed by atoms with Crippen molar-refractivity contribution < 1.29 is 9.53 Å². The molecule has 0 amide bonds. The molecule has 0 unspecified atom stereocenters. The van der Waals surface area contributed by atoms with Crippen molar-refractivity contribution >= 4 is 50.7 Å². The van der Waals surface area contributed by atoms with Gasteiger partial charge in [0.2, 0.25) is 0 Å². The highest BCUT2D eigenvalue weighted by Crippen LogP contribution is 2.39. The maximum Gasteiger partial charge on any atom is 0.341 e. The van der Waals surface area contributed by atoms with Crippen LogP contribution >= 0.6 is 33.9 Å². The zero-order valence-electron chi connectivity index (χ0n) is 11.6. The van der Waals surface area contributed by atoms with Crippen LogP contribution in [0.3, 0.4) is 0 Å². The quantitative estimate of drug-likeness (QED) is 0.466. The second kappa shape index (κ2) is 6.31. The highest BCUT2D eigenvalue weighted by Gasteiger charge is 2.26. The molecule has 3 rings (SSSR count). The number of aryl methyl sites for hydroxylation is 1. The molecule has 2 heterocycles. The van der Waals surface area contributed by atoms with Gasteiger partial charge in [0.15, 0.2) is 0 Å². The average molecular weight is 414 g/mol. The lowest BCUT2D eigenvalue weighted by Crippen LogP contribution is -2.09. The molecule has 0 atom stereocenters. The number of hydrogen-bond acceptors (Lipinski definition) is 5. The lowest BCUT2D eigenvalue weighted by Gasteiger charge is -2.11. The Labute approximate surface area is 141 Å². The third-order valence-electron chi connectivity index (χ3n) is 3.52. The summed E-state index contributed by atoms with van der Waals surface area (Å²) in [5.41, 5.74) is 1.85. The lowest BCUT2D eigenvalue weighted by molar-refractivity contribution is 0.0601. The molecule has 0 saturated heterocycles. The Morgan fingerprint density at radius 2 is 2.19 bits per heavy atom. The number of pyridine rings is 1. The van der Waals surface area contributed by atoms with Gasteiger partial charge in [-0.3, -0.25) is 0 Å². The smallest absolute Gasteiger partial charge is 0.341 e. The fourth-order valence-electron chi connectivity index (χ4n) is 2.57. The Kier molecular flexibility index (Phi) is 4.44. The lowest BCUT2D eigenvalue weighted by atomic mass is 9.95. The number of methoxy groups -OCH3 is 1. The van der Waals surface area contributed by atoms with Crippen LogP contribution in [0.4, 0.5) is 10.8 Å². The minimum absolute atomic E-state index is 0.262. The van der Waals surface area contributed by atoms with Gasteiger partial charge in [0, 0.05) is 4.88 Å². The number of carbonyl (C=O) groups excluding carboxylic acids is 1. The normalized spacial score (nSPS) is 13.6. The van der Waals surface area contributed by atoms with E-state index in [1.165, 1.54) is 18.4 Å². The highest BCUT2D eigenvalue weighted by molar-refractivity contribution is 14.1. The number of aromatic nitrogens is 1. The van der Waals surface area contributed by atoms with Crippen molar-refractivity contribution in [3.63, 3.8) is 0 Å². The molecule has 0 saturated carbocycles. The Hall–Kier alpha value is -1.15. The summed E-state index contributed by atoms with van der Waals surface area (Å²) >= 11 is 3.83. The van der Waals surface area contributed by atoms with E-state index in [0.29, 0.717) is 5.56 Å². The van der Waals surface area contributed by atoms with Crippen LogP contribution in [0.15, 0.2) is 18.2 Å². The molecule has 21 heavy (non-hydrogen) atoms. The van der Waals surface area contributed by atoms with Crippen molar-refractivity contribution in [1.82, 2.24) is 4.98 Å². The summed E-state index contributed by atoms with van der Waals surface area (Å²) in [6, 6.07) is 5.79. The molecule has 0 aromatic carbocycles. The van der Waals surface area contributed by atoms with E-state index < -0.39 is 0 Å². The highest BCUT2D eigenvalue weighted by atomic mass is 127. The topological polar surface area (TPSA) is 51.2 Å². The predicted molar refractivity (Wildman–Crippen MR) is 92.5 cm³/mol. The zero-order chi connectivity index (χ0) is 14.8. The number of rotatable bonds is 3. The monoisotopic (exact) mass is 414 g/mol. The Morgan fingerprint density at radius 3 is 2.95 bits per heavy atom. The molecule has 6 heteroatoms. The van der Waals surface area contributed by atoms with E-state index in [0.717, 1.165) is 39.3 Å². The van der Waals surface area contributed by atoms with Crippen molar-refractivity contribution in [1.29, 1.82) is 0 Å². The summed E-state index contributed by atoms with van der Waals surface area (Å²) in [5.74, 6) is 0.494. The second-order valence-corrected chi connectivity index (χ2v) is 7.09. The van der Waals surface area contributed by atoms with E-state index in [1.807, 2.05) is 18.2 Å². The number of fused-ring (bicyclic) bond motifs is 1. The third kappa shape index (κ3) is 3.06. The number of thiophene rings is 1. The maximum atomic E-state index is 12.1.